The molecule has 2 heterocycles. The Balaban J connectivity index is 1.69. The van der Waals surface area contributed by atoms with Crippen LogP contribution in [0, 0.1) is 0 Å². The molecule has 0 amide bonds. The van der Waals surface area contributed by atoms with Crippen LogP contribution in [0.25, 0.3) is 0 Å². The summed E-state index contributed by atoms with van der Waals surface area (Å²) >= 11 is 0. The van der Waals surface area contributed by atoms with E-state index in [9.17, 15) is 0 Å². The van der Waals surface area contributed by atoms with Crippen LogP contribution < -0.4 is 0 Å². The van der Waals surface area contributed by atoms with Crippen molar-refractivity contribution in [1.82, 2.24) is 9.97 Å². The maximum Gasteiger partial charge on any atom is 0.0309 e. The van der Waals surface area contributed by atoms with Gasteiger partial charge in [-0.1, -0.05) is 48.5 Å². The third-order valence-electron chi connectivity index (χ3n) is 7.11. The van der Waals surface area contributed by atoms with Gasteiger partial charge in [-0.25, -0.2) is 0 Å². The monoisotopic (exact) mass is 358 g/mol. The Hall–Kier alpha value is -3.26. The van der Waals surface area contributed by atoms with Crippen LogP contribution in [0.4, 0.5) is 0 Å². The average molecular weight is 358 g/mol. The lowest BCUT2D eigenvalue weighted by atomic mass is 9.53. The maximum atomic E-state index is 4.54. The second-order valence-corrected chi connectivity index (χ2v) is 8.18. The van der Waals surface area contributed by atoms with Crippen LogP contribution in [-0.2, 0) is 0 Å². The van der Waals surface area contributed by atoms with Gasteiger partial charge in [-0.2, -0.15) is 0 Å². The zero-order valence-electron chi connectivity index (χ0n) is 15.3. The van der Waals surface area contributed by atoms with E-state index in [1.807, 2.05) is 12.4 Å². The summed E-state index contributed by atoms with van der Waals surface area (Å²) in [6, 6.07) is 22.7. The van der Waals surface area contributed by atoms with Gasteiger partial charge in [-0.3, -0.25) is 9.97 Å². The minimum absolute atomic E-state index is 0.279. The Morgan fingerprint density at radius 1 is 0.393 bits per heavy atom. The molecule has 2 aromatic heterocycles. The zero-order valence-corrected chi connectivity index (χ0v) is 15.3. The molecule has 0 saturated heterocycles. The fourth-order valence-electron chi connectivity index (χ4n) is 6.18. The van der Waals surface area contributed by atoms with Gasteiger partial charge in [0.15, 0.2) is 0 Å². The van der Waals surface area contributed by atoms with Gasteiger partial charge < -0.3 is 0 Å². The minimum Gasteiger partial charge on any atom is -0.264 e. The molecule has 28 heavy (non-hydrogen) atoms. The average Bonchev–Trinajstić information content (AvgIpc) is 2.74. The molecule has 6 aliphatic rings. The molecule has 10 rings (SSSR count). The van der Waals surface area contributed by atoms with Gasteiger partial charge in [0, 0.05) is 48.5 Å². The number of hydrogen-bond donors (Lipinski definition) is 0. The number of benzene rings is 2. The molecule has 0 saturated carbocycles. The second-order valence-electron chi connectivity index (χ2n) is 8.18. The second kappa shape index (κ2) is 5.17. The summed E-state index contributed by atoms with van der Waals surface area (Å²) in [5.41, 5.74) is 11.6. The first-order chi connectivity index (χ1) is 13.9. The molecule has 132 valence electrons. The van der Waals surface area contributed by atoms with Crippen LogP contribution in [0.3, 0.4) is 0 Å². The van der Waals surface area contributed by atoms with Crippen molar-refractivity contribution in [3.63, 3.8) is 0 Å². The molecule has 0 aliphatic heterocycles. The molecule has 4 aromatic rings. The molecule has 4 bridgehead atoms. The van der Waals surface area contributed by atoms with E-state index in [1.54, 1.807) is 0 Å². The molecule has 0 radical (unpaired) electrons. The molecule has 4 atom stereocenters. The quantitative estimate of drug-likeness (QED) is 0.424. The molecule has 2 nitrogen and oxygen atoms in total. The lowest BCUT2D eigenvalue weighted by Crippen LogP contribution is -2.35. The minimum atomic E-state index is 0.279. The molecule has 4 unspecified atom stereocenters. The summed E-state index contributed by atoms with van der Waals surface area (Å²) in [7, 11) is 0. The highest BCUT2D eigenvalue weighted by molar-refractivity contribution is 5.66. The molecular weight excluding hydrogens is 340 g/mol. The largest absolute Gasteiger partial charge is 0.264 e. The van der Waals surface area contributed by atoms with E-state index in [4.69, 9.17) is 0 Å². The van der Waals surface area contributed by atoms with Crippen molar-refractivity contribution in [3.8, 4) is 0 Å². The summed E-state index contributed by atoms with van der Waals surface area (Å²) < 4.78 is 0. The van der Waals surface area contributed by atoms with Crippen molar-refractivity contribution in [3.05, 3.63) is 130 Å². The fraction of sp³-hybridized carbons (Fsp3) is 0.154. The highest BCUT2D eigenvalue weighted by atomic mass is 14.7. The molecule has 0 spiro atoms. The van der Waals surface area contributed by atoms with E-state index in [0.717, 1.165) is 0 Å². The normalized spacial score (nSPS) is 25.1. The van der Waals surface area contributed by atoms with Gasteiger partial charge in [0.1, 0.15) is 0 Å². The number of hydrogen-bond acceptors (Lipinski definition) is 2. The van der Waals surface area contributed by atoms with Crippen molar-refractivity contribution in [1.29, 1.82) is 0 Å². The van der Waals surface area contributed by atoms with E-state index >= 15 is 0 Å². The summed E-state index contributed by atoms with van der Waals surface area (Å²) in [6.45, 7) is 0. The van der Waals surface area contributed by atoms with E-state index < -0.39 is 0 Å². The summed E-state index contributed by atoms with van der Waals surface area (Å²) in [5.74, 6) is 1.19. The van der Waals surface area contributed by atoms with E-state index in [1.165, 1.54) is 44.5 Å². The van der Waals surface area contributed by atoms with Gasteiger partial charge >= 0.3 is 0 Å². The molecular formula is C26H18N2. The number of aromatic nitrogens is 2. The standard InChI is InChI=1S/C26H18N2/c1-3-7-17-15(5-1)23-19-9-11-27-13-21(19)25(17)26-18-8-4-2-6-16(18)24(23)20-10-12-28-14-22(20)26/h1-14,23-26H. The smallest absolute Gasteiger partial charge is 0.0309 e. The van der Waals surface area contributed by atoms with Crippen LogP contribution in [0.5, 0.6) is 0 Å². The number of rotatable bonds is 0. The van der Waals surface area contributed by atoms with Crippen LogP contribution in [0.2, 0.25) is 0 Å². The lowest BCUT2D eigenvalue weighted by Gasteiger charge is -2.49. The van der Waals surface area contributed by atoms with E-state index in [0.29, 0.717) is 11.8 Å². The zero-order chi connectivity index (χ0) is 18.2. The molecule has 2 heteroatoms. The predicted octanol–water partition coefficient (Wildman–Crippen LogP) is 5.34. The Kier molecular flexibility index (Phi) is 2.72. The fourth-order valence-corrected chi connectivity index (χ4v) is 6.18. The Labute approximate surface area is 163 Å². The van der Waals surface area contributed by atoms with Crippen molar-refractivity contribution < 1.29 is 0 Å². The van der Waals surface area contributed by atoms with Crippen molar-refractivity contribution in [2.24, 2.45) is 0 Å². The molecule has 0 N–H and O–H groups in total. The van der Waals surface area contributed by atoms with Crippen LogP contribution in [-0.4, -0.2) is 9.97 Å². The van der Waals surface area contributed by atoms with Gasteiger partial charge in [0.25, 0.3) is 0 Å². The van der Waals surface area contributed by atoms with E-state index in [2.05, 4.69) is 83.0 Å². The molecule has 6 aliphatic carbocycles. The van der Waals surface area contributed by atoms with Gasteiger partial charge in [-0.05, 0) is 56.6 Å². The van der Waals surface area contributed by atoms with Gasteiger partial charge in [0.2, 0.25) is 0 Å². The first kappa shape index (κ1) is 14.8. The summed E-state index contributed by atoms with van der Waals surface area (Å²) in [6.07, 6.45) is 8.15. The summed E-state index contributed by atoms with van der Waals surface area (Å²) in [4.78, 5) is 9.08. The van der Waals surface area contributed by atoms with Crippen LogP contribution in [0.1, 0.15) is 68.2 Å². The van der Waals surface area contributed by atoms with Crippen molar-refractivity contribution in [2.45, 2.75) is 23.7 Å². The third kappa shape index (κ3) is 1.65. The van der Waals surface area contributed by atoms with Gasteiger partial charge in [0.05, 0.1) is 0 Å². The lowest BCUT2D eigenvalue weighted by molar-refractivity contribution is 0.526. The highest BCUT2D eigenvalue weighted by Crippen LogP contribution is 2.63. The molecule has 2 aromatic carbocycles. The Morgan fingerprint density at radius 2 is 0.714 bits per heavy atom. The summed E-state index contributed by atoms with van der Waals surface area (Å²) in [5, 5.41) is 0. The third-order valence-corrected chi connectivity index (χ3v) is 7.11. The van der Waals surface area contributed by atoms with Crippen molar-refractivity contribution >= 4 is 0 Å². The van der Waals surface area contributed by atoms with Crippen molar-refractivity contribution in [2.75, 3.05) is 0 Å². The van der Waals surface area contributed by atoms with Crippen LogP contribution >= 0.6 is 0 Å². The molecule has 0 fully saturated rings. The number of pyridine rings is 2. The Bertz CT molecular complexity index is 969. The maximum absolute atomic E-state index is 4.54. The predicted molar refractivity (Wildman–Crippen MR) is 109 cm³/mol. The highest BCUT2D eigenvalue weighted by Gasteiger charge is 2.49. The van der Waals surface area contributed by atoms with Crippen LogP contribution in [0.15, 0.2) is 85.5 Å². The SMILES string of the molecule is c1ccc2c(c1)C1c3ccncc3C2C2c3ccccc3C1c1ccncc12. The Morgan fingerprint density at radius 3 is 1.11 bits per heavy atom. The first-order valence-corrected chi connectivity index (χ1v) is 9.98. The van der Waals surface area contributed by atoms with Gasteiger partial charge in [-0.15, -0.1) is 0 Å². The topological polar surface area (TPSA) is 25.8 Å². The first-order valence-electron chi connectivity index (χ1n) is 9.98. The van der Waals surface area contributed by atoms with E-state index in [-0.39, 0.29) is 11.8 Å². The number of nitrogens with zero attached hydrogens (tertiary/aromatic N) is 2.